The Bertz CT molecular complexity index is 410. The molecule has 0 unspecified atom stereocenters. The number of aryl methyl sites for hydroxylation is 1. The highest BCUT2D eigenvalue weighted by Gasteiger charge is 2.00. The van der Waals surface area contributed by atoms with E-state index in [-0.39, 0.29) is 22.7 Å². The topological polar surface area (TPSA) is 50.9 Å². The molecule has 0 bridgehead atoms. The fourth-order valence-electron chi connectivity index (χ4n) is 1.15. The van der Waals surface area contributed by atoms with Crippen LogP contribution in [0.4, 0.5) is 0 Å². The van der Waals surface area contributed by atoms with Crippen LogP contribution in [0.15, 0.2) is 30.6 Å². The van der Waals surface area contributed by atoms with Gasteiger partial charge < -0.3 is 5.11 Å². The summed E-state index contributed by atoms with van der Waals surface area (Å²) in [4.78, 5) is 4.00. The molecule has 0 saturated carbocycles. The second kappa shape index (κ2) is 4.23. The molecule has 1 aromatic carbocycles. The second-order valence-electron chi connectivity index (χ2n) is 2.74. The average Bonchev–Trinajstić information content (AvgIpc) is 2.53. The minimum Gasteiger partial charge on any atom is -0.508 e. The zero-order valence-electron chi connectivity index (χ0n) is 7.58. The number of benzene rings is 1. The molecule has 2 rings (SSSR count). The Hall–Kier alpha value is -1.36. The molecule has 0 aliphatic carbocycles. The molecule has 14 heavy (non-hydrogen) atoms. The number of rotatable bonds is 1. The monoisotopic (exact) mass is 255 g/mol. The van der Waals surface area contributed by atoms with Gasteiger partial charge in [-0.25, -0.2) is 9.67 Å². The van der Waals surface area contributed by atoms with Gasteiger partial charge in [0.05, 0.1) is 5.69 Å². The number of aromatic nitrogens is 3. The Morgan fingerprint density at radius 3 is 2.36 bits per heavy atom. The van der Waals surface area contributed by atoms with Crippen molar-refractivity contribution in [3.05, 3.63) is 36.4 Å². The Balaban J connectivity index is 0.000000980. The molecule has 1 aromatic heterocycles. The van der Waals surface area contributed by atoms with Gasteiger partial charge in [0.1, 0.15) is 17.9 Å². The molecular formula is C9H10BrN3O. The van der Waals surface area contributed by atoms with Crippen molar-refractivity contribution in [3.8, 4) is 11.4 Å². The first-order chi connectivity index (χ1) is 6.27. The molecule has 74 valence electrons. The Morgan fingerprint density at radius 1 is 1.21 bits per heavy atom. The van der Waals surface area contributed by atoms with Crippen molar-refractivity contribution in [1.29, 1.82) is 0 Å². The van der Waals surface area contributed by atoms with Crippen LogP contribution >= 0.6 is 17.0 Å². The maximum atomic E-state index is 9.08. The molecule has 0 saturated heterocycles. The molecule has 2 aromatic rings. The van der Waals surface area contributed by atoms with E-state index in [1.807, 2.05) is 6.92 Å². The zero-order chi connectivity index (χ0) is 9.26. The van der Waals surface area contributed by atoms with E-state index >= 15 is 0 Å². The predicted octanol–water partition coefficient (Wildman–Crippen LogP) is 1.86. The Kier molecular flexibility index (Phi) is 3.24. The number of aromatic hydroxyl groups is 1. The number of hydrogen-bond donors (Lipinski definition) is 1. The van der Waals surface area contributed by atoms with Gasteiger partial charge >= 0.3 is 0 Å². The van der Waals surface area contributed by atoms with Crippen LogP contribution in [-0.4, -0.2) is 19.9 Å². The van der Waals surface area contributed by atoms with Crippen LogP contribution in [0.2, 0.25) is 0 Å². The van der Waals surface area contributed by atoms with Crippen molar-refractivity contribution in [2.24, 2.45) is 0 Å². The highest BCUT2D eigenvalue weighted by molar-refractivity contribution is 8.93. The van der Waals surface area contributed by atoms with Crippen LogP contribution in [0, 0.1) is 6.92 Å². The van der Waals surface area contributed by atoms with Crippen LogP contribution < -0.4 is 0 Å². The minimum absolute atomic E-state index is 0. The molecule has 0 fully saturated rings. The summed E-state index contributed by atoms with van der Waals surface area (Å²) >= 11 is 0. The Labute approximate surface area is 92.0 Å². The van der Waals surface area contributed by atoms with Crippen LogP contribution in [0.25, 0.3) is 5.69 Å². The largest absolute Gasteiger partial charge is 0.508 e. The first-order valence-corrected chi connectivity index (χ1v) is 3.93. The summed E-state index contributed by atoms with van der Waals surface area (Å²) in [6.07, 6.45) is 1.50. The van der Waals surface area contributed by atoms with Crippen LogP contribution in [-0.2, 0) is 0 Å². The summed E-state index contributed by atoms with van der Waals surface area (Å²) < 4.78 is 1.71. The zero-order valence-corrected chi connectivity index (χ0v) is 9.30. The van der Waals surface area contributed by atoms with Crippen molar-refractivity contribution in [3.63, 3.8) is 0 Å². The smallest absolute Gasteiger partial charge is 0.138 e. The lowest BCUT2D eigenvalue weighted by atomic mass is 10.3. The molecule has 0 atom stereocenters. The van der Waals surface area contributed by atoms with Gasteiger partial charge in [-0.15, -0.1) is 17.0 Å². The molecule has 1 N–H and O–H groups in total. The summed E-state index contributed by atoms with van der Waals surface area (Å²) in [7, 11) is 0. The minimum atomic E-state index is 0. The molecule has 0 aliphatic heterocycles. The van der Waals surface area contributed by atoms with Gasteiger partial charge in [0.2, 0.25) is 0 Å². The lowest BCUT2D eigenvalue weighted by Crippen LogP contribution is -1.98. The van der Waals surface area contributed by atoms with Crippen molar-refractivity contribution in [1.82, 2.24) is 14.8 Å². The van der Waals surface area contributed by atoms with Gasteiger partial charge in [0.15, 0.2) is 0 Å². The van der Waals surface area contributed by atoms with E-state index < -0.39 is 0 Å². The van der Waals surface area contributed by atoms with E-state index in [2.05, 4.69) is 10.1 Å². The van der Waals surface area contributed by atoms with Crippen molar-refractivity contribution in [2.75, 3.05) is 0 Å². The van der Waals surface area contributed by atoms with Gasteiger partial charge in [-0.1, -0.05) is 0 Å². The predicted molar refractivity (Wildman–Crippen MR) is 58.1 cm³/mol. The Morgan fingerprint density at radius 2 is 1.86 bits per heavy atom. The van der Waals surface area contributed by atoms with Crippen molar-refractivity contribution in [2.45, 2.75) is 6.92 Å². The lowest BCUT2D eigenvalue weighted by Gasteiger charge is -2.01. The van der Waals surface area contributed by atoms with Crippen LogP contribution in [0.3, 0.4) is 0 Å². The molecule has 5 heteroatoms. The number of phenols is 1. The van der Waals surface area contributed by atoms with Crippen molar-refractivity contribution < 1.29 is 5.11 Å². The van der Waals surface area contributed by atoms with Gasteiger partial charge in [0.25, 0.3) is 0 Å². The molecule has 0 spiro atoms. The number of halogens is 1. The van der Waals surface area contributed by atoms with Gasteiger partial charge in [-0.2, -0.15) is 5.10 Å². The third-order valence-corrected chi connectivity index (χ3v) is 1.81. The number of phenolic OH excluding ortho intramolecular Hbond substituents is 1. The fourth-order valence-corrected chi connectivity index (χ4v) is 1.15. The summed E-state index contributed by atoms with van der Waals surface area (Å²) in [5.74, 6) is 1.08. The van der Waals surface area contributed by atoms with Gasteiger partial charge in [0, 0.05) is 0 Å². The van der Waals surface area contributed by atoms with E-state index in [0.717, 1.165) is 11.5 Å². The normalized spacial score (nSPS) is 9.50. The SMILES string of the molecule is Br.Cc1ncnn1-c1ccc(O)cc1. The average molecular weight is 256 g/mol. The van der Waals surface area contributed by atoms with Gasteiger partial charge in [-0.3, -0.25) is 0 Å². The first kappa shape index (κ1) is 10.7. The van der Waals surface area contributed by atoms with E-state index in [4.69, 9.17) is 5.11 Å². The van der Waals surface area contributed by atoms with Gasteiger partial charge in [-0.05, 0) is 31.2 Å². The molecule has 0 amide bonds. The molecular weight excluding hydrogens is 246 g/mol. The summed E-state index contributed by atoms with van der Waals surface area (Å²) in [5, 5.41) is 13.1. The third-order valence-electron chi connectivity index (χ3n) is 1.81. The quantitative estimate of drug-likeness (QED) is 0.847. The summed E-state index contributed by atoms with van der Waals surface area (Å²) in [5.41, 5.74) is 0.896. The molecule has 0 aliphatic rings. The maximum absolute atomic E-state index is 9.08. The van der Waals surface area contributed by atoms with E-state index in [1.54, 1.807) is 28.9 Å². The molecule has 0 radical (unpaired) electrons. The standard InChI is InChI=1S/C9H9N3O.BrH/c1-7-10-6-11-12(7)8-2-4-9(13)5-3-8;/h2-6,13H,1H3;1H. The van der Waals surface area contributed by atoms with Crippen LogP contribution in [0.5, 0.6) is 5.75 Å². The summed E-state index contributed by atoms with van der Waals surface area (Å²) in [6, 6.07) is 6.82. The molecule has 4 nitrogen and oxygen atoms in total. The highest BCUT2D eigenvalue weighted by atomic mass is 79.9. The number of nitrogens with zero attached hydrogens (tertiary/aromatic N) is 3. The van der Waals surface area contributed by atoms with Crippen LogP contribution in [0.1, 0.15) is 5.82 Å². The second-order valence-corrected chi connectivity index (χ2v) is 2.74. The summed E-state index contributed by atoms with van der Waals surface area (Å²) in [6.45, 7) is 1.87. The third kappa shape index (κ3) is 1.93. The number of hydrogen-bond acceptors (Lipinski definition) is 3. The fraction of sp³-hybridized carbons (Fsp3) is 0.111. The van der Waals surface area contributed by atoms with E-state index in [0.29, 0.717) is 0 Å². The van der Waals surface area contributed by atoms with E-state index in [9.17, 15) is 0 Å². The highest BCUT2D eigenvalue weighted by Crippen LogP contribution is 2.13. The lowest BCUT2D eigenvalue weighted by molar-refractivity contribution is 0.475. The molecule has 1 heterocycles. The first-order valence-electron chi connectivity index (χ1n) is 3.93. The van der Waals surface area contributed by atoms with E-state index in [1.165, 1.54) is 6.33 Å². The van der Waals surface area contributed by atoms with Crippen molar-refractivity contribution >= 4 is 17.0 Å². The maximum Gasteiger partial charge on any atom is 0.138 e.